The maximum absolute atomic E-state index is 6.29. The minimum atomic E-state index is -0.0938. The van der Waals surface area contributed by atoms with Gasteiger partial charge in [-0.2, -0.15) is 0 Å². The predicted molar refractivity (Wildman–Crippen MR) is 91.7 cm³/mol. The van der Waals surface area contributed by atoms with Gasteiger partial charge in [0.05, 0.1) is 35.8 Å². The van der Waals surface area contributed by atoms with Gasteiger partial charge in [0.15, 0.2) is 0 Å². The van der Waals surface area contributed by atoms with E-state index >= 15 is 0 Å². The standard InChI is InChI=1S/C18H19N3O2S/c1-2-16(24-7-1)15-8-19-17-11-23-18(13-21(15)17)4-5-20(12-18)9-14-3-6-22-10-14/h1-3,6-8,10H,4-5,9,11-13H2. The third kappa shape index (κ3) is 2.42. The van der Waals surface area contributed by atoms with Crippen LogP contribution >= 0.6 is 11.3 Å². The van der Waals surface area contributed by atoms with Gasteiger partial charge in [0.1, 0.15) is 18.0 Å². The third-order valence-electron chi connectivity index (χ3n) is 5.05. The zero-order valence-electron chi connectivity index (χ0n) is 13.4. The molecule has 3 aromatic heterocycles. The number of ether oxygens (including phenoxy) is 1. The lowest BCUT2D eigenvalue weighted by molar-refractivity contribution is -0.0821. The van der Waals surface area contributed by atoms with Crippen molar-refractivity contribution in [1.29, 1.82) is 0 Å². The SMILES string of the molecule is c1csc(-c2cnc3n2CC2(CCN(Cc4ccoc4)C2)OC3)c1. The Morgan fingerprint density at radius 3 is 3.12 bits per heavy atom. The molecule has 1 saturated heterocycles. The molecule has 0 amide bonds. The number of thiophene rings is 1. The van der Waals surface area contributed by atoms with Gasteiger partial charge in [-0.05, 0) is 23.9 Å². The monoisotopic (exact) mass is 341 g/mol. The molecule has 0 bridgehead atoms. The summed E-state index contributed by atoms with van der Waals surface area (Å²) in [5.74, 6) is 1.04. The summed E-state index contributed by atoms with van der Waals surface area (Å²) in [4.78, 5) is 8.30. The van der Waals surface area contributed by atoms with Crippen molar-refractivity contribution in [2.45, 2.75) is 31.7 Å². The summed E-state index contributed by atoms with van der Waals surface area (Å²) in [5, 5.41) is 2.12. The summed E-state index contributed by atoms with van der Waals surface area (Å²) >= 11 is 1.77. The Balaban J connectivity index is 1.38. The molecule has 5 rings (SSSR count). The van der Waals surface area contributed by atoms with E-state index in [1.54, 1.807) is 17.6 Å². The first-order valence-corrected chi connectivity index (χ1v) is 9.15. The van der Waals surface area contributed by atoms with Crippen molar-refractivity contribution in [2.75, 3.05) is 13.1 Å². The van der Waals surface area contributed by atoms with Crippen LogP contribution in [0.15, 0.2) is 46.7 Å². The molecule has 5 nitrogen and oxygen atoms in total. The molecule has 0 saturated carbocycles. The molecule has 0 radical (unpaired) electrons. The van der Waals surface area contributed by atoms with Crippen LogP contribution in [0.25, 0.3) is 10.6 Å². The fraction of sp³-hybridized carbons (Fsp3) is 0.389. The van der Waals surface area contributed by atoms with Gasteiger partial charge in [-0.15, -0.1) is 11.3 Å². The lowest BCUT2D eigenvalue weighted by Crippen LogP contribution is -2.44. The molecule has 2 aliphatic heterocycles. The Labute approximate surface area is 144 Å². The highest BCUT2D eigenvalue weighted by molar-refractivity contribution is 7.13. The van der Waals surface area contributed by atoms with Crippen LogP contribution < -0.4 is 0 Å². The van der Waals surface area contributed by atoms with Gasteiger partial charge in [0.25, 0.3) is 0 Å². The lowest BCUT2D eigenvalue weighted by Gasteiger charge is -2.35. The Morgan fingerprint density at radius 1 is 1.29 bits per heavy atom. The van der Waals surface area contributed by atoms with Crippen LogP contribution in [0, 0.1) is 0 Å². The average Bonchev–Trinajstić information content (AvgIpc) is 3.35. The minimum absolute atomic E-state index is 0.0938. The number of hydrogen-bond acceptors (Lipinski definition) is 5. The minimum Gasteiger partial charge on any atom is -0.472 e. The molecule has 1 fully saturated rings. The molecule has 24 heavy (non-hydrogen) atoms. The Morgan fingerprint density at radius 2 is 2.29 bits per heavy atom. The molecule has 1 spiro atoms. The first-order chi connectivity index (χ1) is 11.8. The number of imidazole rings is 1. The fourth-order valence-electron chi connectivity index (χ4n) is 3.83. The van der Waals surface area contributed by atoms with Gasteiger partial charge in [0.2, 0.25) is 0 Å². The third-order valence-corrected chi connectivity index (χ3v) is 5.94. The lowest BCUT2D eigenvalue weighted by atomic mass is 10.0. The van der Waals surface area contributed by atoms with Crippen LogP contribution in [-0.2, 0) is 24.4 Å². The zero-order valence-corrected chi connectivity index (χ0v) is 14.2. The Hall–Kier alpha value is -1.89. The number of furan rings is 1. The summed E-state index contributed by atoms with van der Waals surface area (Å²) in [5.41, 5.74) is 2.35. The summed E-state index contributed by atoms with van der Waals surface area (Å²) in [6.07, 6.45) is 6.62. The number of fused-ring (bicyclic) bond motifs is 1. The van der Waals surface area contributed by atoms with Crippen LogP contribution in [0.5, 0.6) is 0 Å². The van der Waals surface area contributed by atoms with Crippen molar-refractivity contribution >= 4 is 11.3 Å². The normalized spacial score (nSPS) is 23.8. The number of aromatic nitrogens is 2. The smallest absolute Gasteiger partial charge is 0.135 e. The number of likely N-dealkylation sites (tertiary alicyclic amines) is 1. The molecular formula is C18H19N3O2S. The second-order valence-corrected chi connectivity index (χ2v) is 7.63. The van der Waals surface area contributed by atoms with Crippen LogP contribution in [-0.4, -0.2) is 33.1 Å². The Bertz CT molecular complexity index is 825. The molecular weight excluding hydrogens is 322 g/mol. The molecule has 1 atom stereocenters. The van der Waals surface area contributed by atoms with Gasteiger partial charge in [-0.25, -0.2) is 4.98 Å². The maximum atomic E-state index is 6.29. The topological polar surface area (TPSA) is 43.4 Å². The van der Waals surface area contributed by atoms with Crippen molar-refractivity contribution in [2.24, 2.45) is 0 Å². The van der Waals surface area contributed by atoms with Crippen molar-refractivity contribution in [1.82, 2.24) is 14.5 Å². The van der Waals surface area contributed by atoms with Crippen LogP contribution in [0.3, 0.4) is 0 Å². The van der Waals surface area contributed by atoms with Crippen molar-refractivity contribution in [3.05, 3.63) is 53.7 Å². The fourth-order valence-corrected chi connectivity index (χ4v) is 4.57. The van der Waals surface area contributed by atoms with E-state index in [1.165, 1.54) is 16.1 Å². The highest BCUT2D eigenvalue weighted by Crippen LogP contribution is 2.36. The predicted octanol–water partition coefficient (Wildman–Crippen LogP) is 3.38. The average molecular weight is 341 g/mol. The van der Waals surface area contributed by atoms with E-state index in [9.17, 15) is 0 Å². The summed E-state index contributed by atoms with van der Waals surface area (Å²) in [6.45, 7) is 4.43. The number of hydrogen-bond donors (Lipinski definition) is 0. The molecule has 2 aliphatic rings. The molecule has 6 heteroatoms. The number of rotatable bonds is 3. The van der Waals surface area contributed by atoms with Gasteiger partial charge in [0, 0.05) is 25.2 Å². The zero-order chi connectivity index (χ0) is 16.0. The summed E-state index contributed by atoms with van der Waals surface area (Å²) in [7, 11) is 0. The van der Waals surface area contributed by atoms with E-state index < -0.39 is 0 Å². The quantitative estimate of drug-likeness (QED) is 0.732. The second kappa shape index (κ2) is 5.58. The second-order valence-electron chi connectivity index (χ2n) is 6.69. The first kappa shape index (κ1) is 14.5. The van der Waals surface area contributed by atoms with E-state index in [1.807, 2.05) is 18.5 Å². The molecule has 0 aliphatic carbocycles. The van der Waals surface area contributed by atoms with E-state index in [2.05, 4.69) is 32.0 Å². The molecule has 124 valence electrons. The summed E-state index contributed by atoms with van der Waals surface area (Å²) in [6, 6.07) is 6.30. The number of nitrogens with zero attached hydrogens (tertiary/aromatic N) is 3. The first-order valence-electron chi connectivity index (χ1n) is 8.27. The van der Waals surface area contributed by atoms with Gasteiger partial charge < -0.3 is 13.7 Å². The van der Waals surface area contributed by atoms with Gasteiger partial charge >= 0.3 is 0 Å². The van der Waals surface area contributed by atoms with Crippen molar-refractivity contribution < 1.29 is 9.15 Å². The molecule has 0 N–H and O–H groups in total. The van der Waals surface area contributed by atoms with Gasteiger partial charge in [-0.1, -0.05) is 6.07 Å². The molecule has 3 aromatic rings. The molecule has 0 aromatic carbocycles. The molecule has 1 unspecified atom stereocenters. The van der Waals surface area contributed by atoms with E-state index in [0.29, 0.717) is 6.61 Å². The van der Waals surface area contributed by atoms with Crippen LogP contribution in [0.1, 0.15) is 17.8 Å². The Kier molecular flexibility index (Phi) is 3.36. The maximum Gasteiger partial charge on any atom is 0.135 e. The van der Waals surface area contributed by atoms with E-state index in [4.69, 9.17) is 9.15 Å². The van der Waals surface area contributed by atoms with E-state index in [-0.39, 0.29) is 5.60 Å². The summed E-state index contributed by atoms with van der Waals surface area (Å²) < 4.78 is 13.8. The van der Waals surface area contributed by atoms with Crippen molar-refractivity contribution in [3.63, 3.8) is 0 Å². The van der Waals surface area contributed by atoms with Gasteiger partial charge in [-0.3, -0.25) is 4.90 Å². The van der Waals surface area contributed by atoms with Crippen LogP contribution in [0.4, 0.5) is 0 Å². The highest BCUT2D eigenvalue weighted by atomic mass is 32.1. The van der Waals surface area contributed by atoms with E-state index in [0.717, 1.165) is 38.4 Å². The molecule has 5 heterocycles. The highest BCUT2D eigenvalue weighted by Gasteiger charge is 2.43. The van der Waals surface area contributed by atoms with Crippen LogP contribution in [0.2, 0.25) is 0 Å². The van der Waals surface area contributed by atoms with Crippen molar-refractivity contribution in [3.8, 4) is 10.6 Å². The largest absolute Gasteiger partial charge is 0.472 e.